The van der Waals surface area contributed by atoms with E-state index < -0.39 is 0 Å². The Bertz CT molecular complexity index is 661. The molecule has 0 spiro atoms. The van der Waals surface area contributed by atoms with Gasteiger partial charge in [-0.1, -0.05) is 43.3 Å². The lowest BCUT2D eigenvalue weighted by molar-refractivity contribution is 0.236. The van der Waals surface area contributed by atoms with Crippen molar-refractivity contribution in [2.24, 2.45) is 0 Å². The summed E-state index contributed by atoms with van der Waals surface area (Å²) in [7, 11) is 0. The smallest absolute Gasteiger partial charge is 0.314 e. The summed E-state index contributed by atoms with van der Waals surface area (Å²) < 4.78 is 19.1. The maximum Gasteiger partial charge on any atom is 0.314 e. The Balaban J connectivity index is 1.62. The predicted octanol–water partition coefficient (Wildman–Crippen LogP) is 3.31. The van der Waals surface area contributed by atoms with Gasteiger partial charge in [0.2, 0.25) is 0 Å². The van der Waals surface area contributed by atoms with E-state index in [0.717, 1.165) is 17.7 Å². The molecule has 0 saturated carbocycles. The summed E-state index contributed by atoms with van der Waals surface area (Å²) in [6.07, 6.45) is 1.36. The topological polar surface area (TPSA) is 50.4 Å². The van der Waals surface area contributed by atoms with Crippen LogP contribution in [0, 0.1) is 5.82 Å². The van der Waals surface area contributed by atoms with Crippen LogP contribution in [0.2, 0.25) is 0 Å². The minimum Gasteiger partial charge on any atom is -0.491 e. The number of halogens is 1. The molecule has 0 radical (unpaired) electrons. The summed E-state index contributed by atoms with van der Waals surface area (Å²) in [4.78, 5) is 11.7. The molecule has 128 valence electrons. The highest BCUT2D eigenvalue weighted by atomic mass is 19.1. The molecule has 0 saturated heterocycles. The molecule has 2 N–H and O–H groups in total. The minimum absolute atomic E-state index is 0.248. The Labute approximate surface area is 142 Å². The van der Waals surface area contributed by atoms with Crippen LogP contribution in [0.1, 0.15) is 18.1 Å². The molecule has 0 aromatic heterocycles. The van der Waals surface area contributed by atoms with Crippen LogP contribution in [-0.2, 0) is 12.8 Å². The van der Waals surface area contributed by atoms with Gasteiger partial charge in [-0.05, 0) is 36.1 Å². The van der Waals surface area contributed by atoms with E-state index in [0.29, 0.717) is 31.7 Å². The van der Waals surface area contributed by atoms with E-state index in [2.05, 4.69) is 17.6 Å². The molecular weight excluding hydrogens is 307 g/mol. The van der Waals surface area contributed by atoms with Crippen molar-refractivity contribution in [3.05, 3.63) is 65.5 Å². The SMILES string of the molecule is CCc1ccccc1OCCNC(=O)NCCc1ccccc1F. The predicted molar refractivity (Wildman–Crippen MR) is 92.8 cm³/mol. The number of nitrogens with one attached hydrogen (secondary N) is 2. The summed E-state index contributed by atoms with van der Waals surface area (Å²) in [5, 5.41) is 5.43. The van der Waals surface area contributed by atoms with Gasteiger partial charge in [0.05, 0.1) is 6.54 Å². The first kappa shape index (κ1) is 17.8. The van der Waals surface area contributed by atoms with Crippen LogP contribution in [0.5, 0.6) is 5.75 Å². The quantitative estimate of drug-likeness (QED) is 0.730. The van der Waals surface area contributed by atoms with Crippen LogP contribution in [-0.4, -0.2) is 25.7 Å². The van der Waals surface area contributed by atoms with Crippen LogP contribution in [0.3, 0.4) is 0 Å². The summed E-state index contributed by atoms with van der Waals surface area (Å²) in [5.41, 5.74) is 1.74. The van der Waals surface area contributed by atoms with E-state index >= 15 is 0 Å². The fourth-order valence-electron chi connectivity index (χ4n) is 2.34. The number of carbonyl (C=O) groups excluding carboxylic acids is 1. The zero-order valence-electron chi connectivity index (χ0n) is 13.8. The average Bonchev–Trinajstić information content (AvgIpc) is 2.60. The van der Waals surface area contributed by atoms with Crippen molar-refractivity contribution in [3.8, 4) is 5.75 Å². The number of urea groups is 1. The monoisotopic (exact) mass is 330 g/mol. The highest BCUT2D eigenvalue weighted by Crippen LogP contribution is 2.17. The van der Waals surface area contributed by atoms with Gasteiger partial charge in [-0.2, -0.15) is 0 Å². The van der Waals surface area contributed by atoms with Gasteiger partial charge in [-0.15, -0.1) is 0 Å². The maximum atomic E-state index is 13.4. The zero-order chi connectivity index (χ0) is 17.2. The van der Waals surface area contributed by atoms with Gasteiger partial charge in [0.1, 0.15) is 18.2 Å². The van der Waals surface area contributed by atoms with Crippen LogP contribution in [0.4, 0.5) is 9.18 Å². The van der Waals surface area contributed by atoms with Crippen molar-refractivity contribution >= 4 is 6.03 Å². The molecular formula is C19H23FN2O2. The highest BCUT2D eigenvalue weighted by molar-refractivity contribution is 5.73. The van der Waals surface area contributed by atoms with E-state index in [4.69, 9.17) is 4.74 Å². The van der Waals surface area contributed by atoms with Gasteiger partial charge in [0.15, 0.2) is 0 Å². The second-order valence-electron chi connectivity index (χ2n) is 5.33. The normalized spacial score (nSPS) is 10.2. The standard InChI is InChI=1S/C19H23FN2O2/c1-2-15-7-4-6-10-18(15)24-14-13-22-19(23)21-12-11-16-8-3-5-9-17(16)20/h3-10H,2,11-14H2,1H3,(H2,21,22,23). The molecule has 0 aliphatic rings. The van der Waals surface area contributed by atoms with Crippen LogP contribution in [0.15, 0.2) is 48.5 Å². The second-order valence-corrected chi connectivity index (χ2v) is 5.33. The summed E-state index contributed by atoms with van der Waals surface area (Å²) >= 11 is 0. The molecule has 0 atom stereocenters. The van der Waals surface area contributed by atoms with Crippen molar-refractivity contribution in [1.29, 1.82) is 0 Å². The van der Waals surface area contributed by atoms with Gasteiger partial charge in [0.25, 0.3) is 0 Å². The summed E-state index contributed by atoms with van der Waals surface area (Å²) in [6, 6.07) is 14.1. The molecule has 2 rings (SSSR count). The van der Waals surface area contributed by atoms with Crippen molar-refractivity contribution in [2.75, 3.05) is 19.7 Å². The molecule has 2 aromatic carbocycles. The first-order chi connectivity index (χ1) is 11.7. The fraction of sp³-hybridized carbons (Fsp3) is 0.316. The third-order valence-corrected chi connectivity index (χ3v) is 3.64. The average molecular weight is 330 g/mol. The molecule has 2 amide bonds. The van der Waals surface area contributed by atoms with Crippen molar-refractivity contribution in [3.63, 3.8) is 0 Å². The van der Waals surface area contributed by atoms with E-state index in [1.165, 1.54) is 6.07 Å². The number of carbonyl (C=O) groups is 1. The van der Waals surface area contributed by atoms with Gasteiger partial charge in [-0.3, -0.25) is 0 Å². The van der Waals surface area contributed by atoms with E-state index in [1.807, 2.05) is 24.3 Å². The van der Waals surface area contributed by atoms with Gasteiger partial charge < -0.3 is 15.4 Å². The van der Waals surface area contributed by atoms with E-state index in [9.17, 15) is 9.18 Å². The number of hydrogen-bond acceptors (Lipinski definition) is 2. The lowest BCUT2D eigenvalue weighted by Gasteiger charge is -2.11. The summed E-state index contributed by atoms with van der Waals surface area (Å²) in [5.74, 6) is 0.601. The Morgan fingerprint density at radius 1 is 1.00 bits per heavy atom. The van der Waals surface area contributed by atoms with Gasteiger partial charge in [-0.25, -0.2) is 9.18 Å². The zero-order valence-corrected chi connectivity index (χ0v) is 13.8. The fourth-order valence-corrected chi connectivity index (χ4v) is 2.34. The number of para-hydroxylation sites is 1. The Morgan fingerprint density at radius 2 is 1.67 bits per heavy atom. The molecule has 0 heterocycles. The molecule has 0 aliphatic heterocycles. The minimum atomic E-state index is -0.279. The second kappa shape index (κ2) is 9.55. The number of aryl methyl sites for hydroxylation is 1. The number of benzene rings is 2. The van der Waals surface area contributed by atoms with Gasteiger partial charge in [0, 0.05) is 6.54 Å². The number of amides is 2. The molecule has 4 nitrogen and oxygen atoms in total. The third kappa shape index (κ3) is 5.57. The Morgan fingerprint density at radius 3 is 2.42 bits per heavy atom. The van der Waals surface area contributed by atoms with Crippen molar-refractivity contribution in [2.45, 2.75) is 19.8 Å². The number of hydrogen-bond donors (Lipinski definition) is 2. The van der Waals surface area contributed by atoms with Crippen LogP contribution >= 0.6 is 0 Å². The third-order valence-electron chi connectivity index (χ3n) is 3.64. The molecule has 2 aromatic rings. The van der Waals surface area contributed by atoms with Gasteiger partial charge >= 0.3 is 6.03 Å². The number of rotatable bonds is 8. The lowest BCUT2D eigenvalue weighted by atomic mass is 10.1. The molecule has 24 heavy (non-hydrogen) atoms. The molecule has 5 heteroatoms. The van der Waals surface area contributed by atoms with E-state index in [1.54, 1.807) is 18.2 Å². The summed E-state index contributed by atoms with van der Waals surface area (Å²) in [6.45, 7) is 3.26. The van der Waals surface area contributed by atoms with E-state index in [-0.39, 0.29) is 11.8 Å². The first-order valence-corrected chi connectivity index (χ1v) is 8.16. The van der Waals surface area contributed by atoms with Crippen LogP contribution in [0.25, 0.3) is 0 Å². The maximum absolute atomic E-state index is 13.4. The first-order valence-electron chi connectivity index (χ1n) is 8.16. The molecule has 0 unspecified atom stereocenters. The molecule has 0 aliphatic carbocycles. The number of ether oxygens (including phenoxy) is 1. The Hall–Kier alpha value is -2.56. The van der Waals surface area contributed by atoms with Crippen molar-refractivity contribution < 1.29 is 13.9 Å². The van der Waals surface area contributed by atoms with Crippen LogP contribution < -0.4 is 15.4 Å². The highest BCUT2D eigenvalue weighted by Gasteiger charge is 2.04. The lowest BCUT2D eigenvalue weighted by Crippen LogP contribution is -2.38. The molecule has 0 bridgehead atoms. The molecule has 0 fully saturated rings. The Kier molecular flexibility index (Phi) is 7.08. The largest absolute Gasteiger partial charge is 0.491 e. The van der Waals surface area contributed by atoms with Crippen molar-refractivity contribution in [1.82, 2.24) is 10.6 Å².